The van der Waals surface area contributed by atoms with Crippen molar-refractivity contribution in [3.05, 3.63) is 70.8 Å². The molecule has 0 aliphatic heterocycles. The Bertz CT molecular complexity index is 547. The van der Waals surface area contributed by atoms with Gasteiger partial charge in [-0.05, 0) is 36.5 Å². The van der Waals surface area contributed by atoms with Crippen molar-refractivity contribution in [2.75, 3.05) is 0 Å². The Kier molecular flexibility index (Phi) is 4.29. The van der Waals surface area contributed by atoms with Gasteiger partial charge in [0.25, 0.3) is 0 Å². The lowest BCUT2D eigenvalue weighted by Crippen LogP contribution is -2.24. The Morgan fingerprint density at radius 1 is 0.950 bits per heavy atom. The lowest BCUT2D eigenvalue weighted by Gasteiger charge is -2.24. The summed E-state index contributed by atoms with van der Waals surface area (Å²) in [6.45, 7) is 8.33. The van der Waals surface area contributed by atoms with Crippen molar-refractivity contribution in [1.82, 2.24) is 0 Å². The van der Waals surface area contributed by atoms with E-state index in [-0.39, 0.29) is 0 Å². The minimum atomic E-state index is -0.826. The monoisotopic (exact) mass is 268 g/mol. The van der Waals surface area contributed by atoms with Crippen LogP contribution in [0.25, 0.3) is 0 Å². The van der Waals surface area contributed by atoms with E-state index >= 15 is 0 Å². The predicted octanol–water partition coefficient (Wildman–Crippen LogP) is 4.57. The van der Waals surface area contributed by atoms with Gasteiger partial charge in [0.2, 0.25) is 0 Å². The maximum atomic E-state index is 10.7. The summed E-state index contributed by atoms with van der Waals surface area (Å²) in [4.78, 5) is 0. The van der Waals surface area contributed by atoms with Crippen LogP contribution in [0.5, 0.6) is 0 Å². The molecule has 1 unspecified atom stereocenters. The highest BCUT2D eigenvalue weighted by atomic mass is 16.3. The zero-order valence-electron chi connectivity index (χ0n) is 12.9. The topological polar surface area (TPSA) is 20.2 Å². The fourth-order valence-corrected chi connectivity index (χ4v) is 2.43. The largest absolute Gasteiger partial charge is 0.385 e. The van der Waals surface area contributed by atoms with E-state index in [4.69, 9.17) is 0 Å². The fourth-order valence-electron chi connectivity index (χ4n) is 2.43. The number of rotatable bonds is 4. The Morgan fingerprint density at radius 2 is 1.50 bits per heavy atom. The molecular formula is C19H24O. The maximum Gasteiger partial charge on any atom is 0.0908 e. The third-order valence-corrected chi connectivity index (χ3v) is 3.87. The summed E-state index contributed by atoms with van der Waals surface area (Å²) in [5, 5.41) is 10.7. The first-order chi connectivity index (χ1) is 9.38. The normalized spacial score (nSPS) is 14.3. The van der Waals surface area contributed by atoms with Gasteiger partial charge in [-0.2, -0.15) is 0 Å². The molecule has 0 aliphatic carbocycles. The molecule has 0 amide bonds. The second-order valence-corrected chi connectivity index (χ2v) is 6.21. The van der Waals surface area contributed by atoms with Crippen LogP contribution in [-0.4, -0.2) is 5.11 Å². The molecule has 0 bridgehead atoms. The first kappa shape index (κ1) is 14.8. The Balaban J connectivity index is 2.17. The van der Waals surface area contributed by atoms with Crippen molar-refractivity contribution in [3.8, 4) is 0 Å². The SMILES string of the molecule is Cc1ccc(C(C)(O)Cc2ccc(C(C)C)cc2)cc1. The van der Waals surface area contributed by atoms with Gasteiger partial charge in [0.15, 0.2) is 0 Å². The van der Waals surface area contributed by atoms with E-state index in [1.165, 1.54) is 16.7 Å². The van der Waals surface area contributed by atoms with Gasteiger partial charge in [-0.3, -0.25) is 0 Å². The van der Waals surface area contributed by atoms with E-state index in [0.29, 0.717) is 12.3 Å². The van der Waals surface area contributed by atoms with Crippen LogP contribution < -0.4 is 0 Å². The van der Waals surface area contributed by atoms with E-state index in [2.05, 4.69) is 45.0 Å². The predicted molar refractivity (Wildman–Crippen MR) is 85.0 cm³/mol. The molecule has 0 aliphatic rings. The molecule has 0 saturated carbocycles. The van der Waals surface area contributed by atoms with Gasteiger partial charge in [-0.25, -0.2) is 0 Å². The van der Waals surface area contributed by atoms with Gasteiger partial charge in [0.1, 0.15) is 0 Å². The molecular weight excluding hydrogens is 244 g/mol. The molecule has 1 N–H and O–H groups in total. The first-order valence-electron chi connectivity index (χ1n) is 7.27. The molecule has 0 saturated heterocycles. The average Bonchev–Trinajstić information content (AvgIpc) is 2.39. The highest BCUT2D eigenvalue weighted by molar-refractivity contribution is 5.30. The Morgan fingerprint density at radius 3 is 2.00 bits per heavy atom. The summed E-state index contributed by atoms with van der Waals surface area (Å²) in [6.07, 6.45) is 0.633. The van der Waals surface area contributed by atoms with Crippen LogP contribution in [0.3, 0.4) is 0 Å². The first-order valence-corrected chi connectivity index (χ1v) is 7.27. The Labute approximate surface area is 122 Å². The number of hydrogen-bond acceptors (Lipinski definition) is 1. The van der Waals surface area contributed by atoms with Gasteiger partial charge in [-0.1, -0.05) is 67.9 Å². The summed E-state index contributed by atoms with van der Waals surface area (Å²) < 4.78 is 0. The highest BCUT2D eigenvalue weighted by Gasteiger charge is 2.23. The molecule has 1 heteroatoms. The summed E-state index contributed by atoms with van der Waals surface area (Å²) in [7, 11) is 0. The molecule has 1 atom stereocenters. The average molecular weight is 268 g/mol. The molecule has 0 spiro atoms. The summed E-state index contributed by atoms with van der Waals surface area (Å²) >= 11 is 0. The van der Waals surface area contributed by atoms with Crippen LogP contribution in [0, 0.1) is 6.92 Å². The lowest BCUT2D eigenvalue weighted by molar-refractivity contribution is 0.0576. The number of aliphatic hydroxyl groups is 1. The minimum absolute atomic E-state index is 0.543. The summed E-state index contributed by atoms with van der Waals surface area (Å²) in [5.41, 5.74) is 3.86. The van der Waals surface area contributed by atoms with Crippen LogP contribution in [-0.2, 0) is 12.0 Å². The third kappa shape index (κ3) is 3.49. The number of benzene rings is 2. The molecule has 2 aromatic rings. The maximum absolute atomic E-state index is 10.7. The minimum Gasteiger partial charge on any atom is -0.385 e. The standard InChI is InChI=1S/C19H24O/c1-14(2)17-9-7-16(8-10-17)13-19(4,20)18-11-5-15(3)6-12-18/h5-12,14,20H,13H2,1-4H3. The molecule has 0 aromatic heterocycles. The van der Waals surface area contributed by atoms with E-state index < -0.39 is 5.60 Å². The van der Waals surface area contributed by atoms with E-state index in [1.54, 1.807) is 0 Å². The van der Waals surface area contributed by atoms with E-state index in [0.717, 1.165) is 5.56 Å². The fraction of sp³-hybridized carbons (Fsp3) is 0.368. The number of hydrogen-bond donors (Lipinski definition) is 1. The van der Waals surface area contributed by atoms with Crippen LogP contribution in [0.4, 0.5) is 0 Å². The highest BCUT2D eigenvalue weighted by Crippen LogP contribution is 2.26. The molecule has 106 valence electrons. The lowest BCUT2D eigenvalue weighted by atomic mass is 9.88. The molecule has 2 rings (SSSR count). The van der Waals surface area contributed by atoms with Crippen molar-refractivity contribution < 1.29 is 5.11 Å². The van der Waals surface area contributed by atoms with Crippen LogP contribution in [0.1, 0.15) is 48.9 Å². The third-order valence-electron chi connectivity index (χ3n) is 3.87. The van der Waals surface area contributed by atoms with E-state index in [1.807, 2.05) is 31.2 Å². The molecule has 1 nitrogen and oxygen atoms in total. The van der Waals surface area contributed by atoms with Crippen molar-refractivity contribution in [1.29, 1.82) is 0 Å². The molecule has 0 radical (unpaired) electrons. The van der Waals surface area contributed by atoms with Crippen LogP contribution in [0.15, 0.2) is 48.5 Å². The van der Waals surface area contributed by atoms with Gasteiger partial charge in [0, 0.05) is 6.42 Å². The molecule has 0 fully saturated rings. The number of aryl methyl sites for hydroxylation is 1. The van der Waals surface area contributed by atoms with Crippen molar-refractivity contribution in [3.63, 3.8) is 0 Å². The molecule has 0 heterocycles. The second-order valence-electron chi connectivity index (χ2n) is 6.21. The van der Waals surface area contributed by atoms with Crippen LogP contribution >= 0.6 is 0 Å². The van der Waals surface area contributed by atoms with E-state index in [9.17, 15) is 5.11 Å². The molecule has 2 aromatic carbocycles. The quantitative estimate of drug-likeness (QED) is 0.861. The second kappa shape index (κ2) is 5.80. The smallest absolute Gasteiger partial charge is 0.0908 e. The zero-order valence-corrected chi connectivity index (χ0v) is 12.9. The molecule has 20 heavy (non-hydrogen) atoms. The summed E-state index contributed by atoms with van der Waals surface area (Å²) in [5.74, 6) is 0.543. The van der Waals surface area contributed by atoms with Crippen molar-refractivity contribution in [2.45, 2.75) is 45.6 Å². The van der Waals surface area contributed by atoms with Crippen LogP contribution in [0.2, 0.25) is 0 Å². The summed E-state index contributed by atoms with van der Waals surface area (Å²) in [6, 6.07) is 16.7. The zero-order chi connectivity index (χ0) is 14.8. The van der Waals surface area contributed by atoms with Gasteiger partial charge in [0.05, 0.1) is 5.60 Å². The van der Waals surface area contributed by atoms with Gasteiger partial charge < -0.3 is 5.11 Å². The van der Waals surface area contributed by atoms with Crippen molar-refractivity contribution in [2.24, 2.45) is 0 Å². The van der Waals surface area contributed by atoms with Gasteiger partial charge in [-0.15, -0.1) is 0 Å². The Hall–Kier alpha value is -1.60. The van der Waals surface area contributed by atoms with Gasteiger partial charge >= 0.3 is 0 Å². The van der Waals surface area contributed by atoms with Crippen molar-refractivity contribution >= 4 is 0 Å².